The van der Waals surface area contributed by atoms with Gasteiger partial charge in [-0.25, -0.2) is 9.78 Å². The van der Waals surface area contributed by atoms with Gasteiger partial charge in [-0.15, -0.1) is 4.91 Å². The number of nitrogens with one attached hydrogen (secondary N) is 1. The average molecular weight is 570 g/mol. The minimum Gasteiger partial charge on any atom is -0.477 e. The lowest BCUT2D eigenvalue weighted by molar-refractivity contribution is -0.156. The molecule has 2 aromatic heterocycles. The van der Waals surface area contributed by atoms with Crippen molar-refractivity contribution in [3.63, 3.8) is 0 Å². The number of nitrogens with zero attached hydrogens (tertiary/aromatic N) is 5. The zero-order chi connectivity index (χ0) is 25.7. The second-order valence-electron chi connectivity index (χ2n) is 7.11. The first kappa shape index (κ1) is 25.3. The molecule has 0 bridgehead atoms. The van der Waals surface area contributed by atoms with Crippen LogP contribution in [0.1, 0.15) is 30.3 Å². The fourth-order valence-electron chi connectivity index (χ4n) is 3.62. The number of hydrogen-bond acceptors (Lipinski definition) is 12. The Bertz CT molecular complexity index is 1270. The van der Waals surface area contributed by atoms with Crippen LogP contribution in [0.2, 0.25) is 4.34 Å². The summed E-state index contributed by atoms with van der Waals surface area (Å²) < 4.78 is 46.2. The maximum atomic E-state index is 13.1. The van der Waals surface area contributed by atoms with Gasteiger partial charge >= 0.3 is 12.1 Å². The lowest BCUT2D eigenvalue weighted by Crippen LogP contribution is -2.71. The Morgan fingerprint density at radius 3 is 2.66 bits per heavy atom. The van der Waals surface area contributed by atoms with E-state index >= 15 is 0 Å². The van der Waals surface area contributed by atoms with Gasteiger partial charge in [-0.05, 0) is 18.0 Å². The molecule has 0 aliphatic carbocycles. The van der Waals surface area contributed by atoms with Crippen molar-refractivity contribution in [1.29, 1.82) is 0 Å². The predicted molar refractivity (Wildman–Crippen MR) is 117 cm³/mol. The second-order valence-corrected chi connectivity index (χ2v) is 10.4. The molecule has 12 nitrogen and oxygen atoms in total. The van der Waals surface area contributed by atoms with E-state index in [4.69, 9.17) is 17.3 Å². The third-order valence-corrected chi connectivity index (χ3v) is 7.96. The van der Waals surface area contributed by atoms with Crippen molar-refractivity contribution in [3.05, 3.63) is 31.2 Å². The fourth-order valence-corrected chi connectivity index (χ4v) is 6.36. The highest BCUT2D eigenvalue weighted by Crippen LogP contribution is 2.45. The highest BCUT2D eigenvalue weighted by atomic mass is 35.5. The Labute approximate surface area is 210 Å². The molecule has 4 heterocycles. The molecule has 186 valence electrons. The van der Waals surface area contributed by atoms with E-state index in [1.54, 1.807) is 0 Å². The third-order valence-electron chi connectivity index (χ3n) is 5.08. The van der Waals surface area contributed by atoms with Gasteiger partial charge in [0, 0.05) is 4.91 Å². The first-order valence-corrected chi connectivity index (χ1v) is 12.1. The number of nitrogen functional groups attached to an aromatic ring is 1. The molecule has 0 saturated carbocycles. The van der Waals surface area contributed by atoms with Crippen LogP contribution in [-0.2, 0) is 20.6 Å². The van der Waals surface area contributed by atoms with Crippen molar-refractivity contribution in [1.82, 2.24) is 23.9 Å². The summed E-state index contributed by atoms with van der Waals surface area (Å²) in [6.07, 6.45) is -4.67. The van der Waals surface area contributed by atoms with Gasteiger partial charge in [0.05, 0.1) is 17.8 Å². The SMILES string of the molecule is Nc1nc(C(N=O)C(=O)NC2C(=O)N3C(C(=O)O)=C(Sc4nsnc4C(F)(F)F)CCC23)c(Cl)s1. The second kappa shape index (κ2) is 9.32. The number of alkyl halides is 3. The van der Waals surface area contributed by atoms with Crippen molar-refractivity contribution >= 4 is 69.3 Å². The van der Waals surface area contributed by atoms with Crippen LogP contribution in [0, 0.1) is 4.91 Å². The summed E-state index contributed by atoms with van der Waals surface area (Å²) in [7, 11) is 0. The molecule has 35 heavy (non-hydrogen) atoms. The number of aliphatic carboxylic acids is 1. The van der Waals surface area contributed by atoms with Crippen LogP contribution >= 0.6 is 46.4 Å². The molecule has 3 atom stereocenters. The Morgan fingerprint density at radius 2 is 2.09 bits per heavy atom. The predicted octanol–water partition coefficient (Wildman–Crippen LogP) is 2.63. The van der Waals surface area contributed by atoms with E-state index in [1.165, 1.54) is 0 Å². The average Bonchev–Trinajstić information content (AvgIpc) is 3.38. The Balaban J connectivity index is 1.55. The number of nitrogens with two attached hydrogens (primary N) is 1. The zero-order valence-electron chi connectivity index (χ0n) is 16.8. The molecule has 4 N–H and O–H groups in total. The molecule has 4 rings (SSSR count). The van der Waals surface area contributed by atoms with E-state index in [0.29, 0.717) is 23.5 Å². The number of aromatic nitrogens is 3. The van der Waals surface area contributed by atoms with Crippen LogP contribution in [0.3, 0.4) is 0 Å². The number of nitroso groups, excluding NO2 is 1. The highest BCUT2D eigenvalue weighted by Gasteiger charge is 2.54. The third kappa shape index (κ3) is 4.57. The lowest BCUT2D eigenvalue weighted by Gasteiger charge is -2.50. The van der Waals surface area contributed by atoms with E-state index in [2.05, 4.69) is 24.2 Å². The van der Waals surface area contributed by atoms with Crippen LogP contribution < -0.4 is 11.1 Å². The van der Waals surface area contributed by atoms with E-state index < -0.39 is 58.5 Å². The largest absolute Gasteiger partial charge is 0.477 e. The molecule has 2 aliphatic rings. The van der Waals surface area contributed by atoms with Gasteiger partial charge in [0.15, 0.2) is 10.8 Å². The molecule has 0 radical (unpaired) electrons. The summed E-state index contributed by atoms with van der Waals surface area (Å²) in [6.45, 7) is 0. The Kier molecular flexibility index (Phi) is 6.73. The fraction of sp³-hybridized carbons (Fsp3) is 0.375. The zero-order valence-corrected chi connectivity index (χ0v) is 20.0. The molecule has 2 aliphatic heterocycles. The maximum absolute atomic E-state index is 13.1. The first-order chi connectivity index (χ1) is 16.4. The van der Waals surface area contributed by atoms with Crippen LogP contribution in [0.5, 0.6) is 0 Å². The number of anilines is 1. The number of halogens is 4. The summed E-state index contributed by atoms with van der Waals surface area (Å²) in [6, 6.07) is -3.69. The number of thiazole rings is 1. The van der Waals surface area contributed by atoms with Crippen LogP contribution in [-0.4, -0.2) is 53.6 Å². The monoisotopic (exact) mass is 569 g/mol. The van der Waals surface area contributed by atoms with Crippen LogP contribution in [0.4, 0.5) is 18.3 Å². The summed E-state index contributed by atoms with van der Waals surface area (Å²) in [5.74, 6) is -3.35. The molecule has 19 heteroatoms. The molecule has 3 unspecified atom stereocenters. The number of carboxylic acid groups (broad SMARTS) is 1. The minimum absolute atomic E-state index is 0.00474. The number of carbonyl (C=O) groups is 3. The number of rotatable bonds is 7. The minimum atomic E-state index is -4.79. The number of carboxylic acids is 1. The van der Waals surface area contributed by atoms with Gasteiger partial charge in [0.2, 0.25) is 6.04 Å². The molecule has 2 aromatic rings. The number of thioether (sulfide) groups is 1. The van der Waals surface area contributed by atoms with Crippen LogP contribution in [0.25, 0.3) is 0 Å². The van der Waals surface area contributed by atoms with E-state index in [0.717, 1.165) is 16.2 Å². The van der Waals surface area contributed by atoms with Crippen molar-refractivity contribution in [2.24, 2.45) is 5.18 Å². The molecular formula is C16H11ClF3N7O5S3. The van der Waals surface area contributed by atoms with Crippen molar-refractivity contribution < 1.29 is 32.7 Å². The van der Waals surface area contributed by atoms with Crippen molar-refractivity contribution in [3.8, 4) is 0 Å². The maximum Gasteiger partial charge on any atom is 0.437 e. The normalized spacial score (nSPS) is 20.8. The van der Waals surface area contributed by atoms with E-state index in [1.807, 2.05) is 0 Å². The van der Waals surface area contributed by atoms with Gasteiger partial charge < -0.3 is 16.2 Å². The number of allylic oxidation sites excluding steroid dienone is 1. The Morgan fingerprint density at radius 1 is 1.37 bits per heavy atom. The first-order valence-electron chi connectivity index (χ1n) is 9.35. The number of hydrogen-bond donors (Lipinski definition) is 3. The van der Waals surface area contributed by atoms with Crippen molar-refractivity contribution in [2.75, 3.05) is 5.73 Å². The highest BCUT2D eigenvalue weighted by molar-refractivity contribution is 8.03. The smallest absolute Gasteiger partial charge is 0.437 e. The van der Waals surface area contributed by atoms with Gasteiger partial charge in [0.1, 0.15) is 26.8 Å². The molecule has 0 spiro atoms. The van der Waals surface area contributed by atoms with Crippen molar-refractivity contribution in [2.45, 2.75) is 42.2 Å². The van der Waals surface area contributed by atoms with Gasteiger partial charge in [0.25, 0.3) is 11.8 Å². The van der Waals surface area contributed by atoms with Gasteiger partial charge in [-0.3, -0.25) is 14.5 Å². The summed E-state index contributed by atoms with van der Waals surface area (Å²) in [5.41, 5.74) is 3.57. The summed E-state index contributed by atoms with van der Waals surface area (Å²) in [4.78, 5) is 53.3. The van der Waals surface area contributed by atoms with Gasteiger partial charge in [-0.2, -0.15) is 21.9 Å². The quantitative estimate of drug-likeness (QED) is 0.331. The Hall–Kier alpha value is -2.83. The molecule has 2 amide bonds. The number of amides is 2. The summed E-state index contributed by atoms with van der Waals surface area (Å²) >= 11 is 7.54. The molecule has 0 aromatic carbocycles. The number of carbonyl (C=O) groups excluding carboxylic acids is 2. The summed E-state index contributed by atoms with van der Waals surface area (Å²) in [5, 5.41) is 14.2. The lowest BCUT2D eigenvalue weighted by atomic mass is 9.86. The number of fused-ring (bicyclic) bond motifs is 1. The molecule has 1 fully saturated rings. The van der Waals surface area contributed by atoms with E-state index in [-0.39, 0.29) is 32.9 Å². The topological polar surface area (TPSA) is 181 Å². The standard InChI is InChI=1S/C16H11ClF3N7O5S3/c17-10-6(23-15(21)34-10)7(24-32)11(28)22-5-3-1-2-4(8(14(30)31)27(3)13(5)29)33-12-9(16(18,19)20)25-35-26-12/h3,5,7H,1-2H2,(H2,21,23)(H,22,28)(H,30,31). The van der Waals surface area contributed by atoms with E-state index in [9.17, 15) is 37.6 Å². The van der Waals surface area contributed by atoms with Crippen LogP contribution in [0.15, 0.2) is 20.8 Å². The number of β-lactam (4-membered cyclic amide) rings is 1. The van der Waals surface area contributed by atoms with Gasteiger partial charge in [-0.1, -0.05) is 34.7 Å². The molecular weight excluding hydrogens is 559 g/mol. The molecule has 1 saturated heterocycles.